The predicted molar refractivity (Wildman–Crippen MR) is 83.3 cm³/mol. The van der Waals surface area contributed by atoms with Gasteiger partial charge in [-0.15, -0.1) is 0 Å². The van der Waals surface area contributed by atoms with Gasteiger partial charge in [-0.05, 0) is 37.8 Å². The van der Waals surface area contributed by atoms with Crippen molar-refractivity contribution in [2.75, 3.05) is 18.5 Å². The van der Waals surface area contributed by atoms with Crippen LogP contribution in [0.1, 0.15) is 33.6 Å². The Balaban J connectivity index is 2.16. The summed E-state index contributed by atoms with van der Waals surface area (Å²) in [5.41, 5.74) is 0.914. The number of hydrogen-bond acceptors (Lipinski definition) is 4. The van der Waals surface area contributed by atoms with Gasteiger partial charge in [0.1, 0.15) is 0 Å². The molecule has 0 bridgehead atoms. The second-order valence-electron chi connectivity index (χ2n) is 5.28. The van der Waals surface area contributed by atoms with E-state index in [-0.39, 0.29) is 0 Å². The molecule has 0 amide bonds. The van der Waals surface area contributed by atoms with E-state index in [1.54, 1.807) is 0 Å². The van der Waals surface area contributed by atoms with Gasteiger partial charge >= 0.3 is 0 Å². The van der Waals surface area contributed by atoms with Crippen LogP contribution in [-0.2, 0) is 0 Å². The fourth-order valence-corrected chi connectivity index (χ4v) is 2.06. The Morgan fingerprint density at radius 2 is 2.00 bits per heavy atom. The first-order valence-corrected chi connectivity index (χ1v) is 7.34. The molecule has 0 radical (unpaired) electrons. The van der Waals surface area contributed by atoms with Crippen molar-refractivity contribution in [1.82, 2.24) is 9.97 Å². The molecule has 0 aliphatic heterocycles. The number of hydrogen-bond donors (Lipinski definition) is 1. The third kappa shape index (κ3) is 3.83. The van der Waals surface area contributed by atoms with E-state index < -0.39 is 0 Å². The monoisotopic (exact) mass is 273 g/mol. The number of nitrogens with zero attached hydrogens (tertiary/aromatic N) is 2. The number of aromatic nitrogens is 2. The number of anilines is 1. The van der Waals surface area contributed by atoms with Crippen LogP contribution < -0.4 is 10.1 Å². The molecule has 1 heterocycles. The highest BCUT2D eigenvalue weighted by molar-refractivity contribution is 5.84. The molecule has 1 N–H and O–H groups in total. The maximum absolute atomic E-state index is 5.87. The lowest BCUT2D eigenvalue weighted by molar-refractivity contribution is 0.291. The lowest BCUT2D eigenvalue weighted by atomic mass is 10.1. The van der Waals surface area contributed by atoms with E-state index in [2.05, 4.69) is 29.1 Å². The lowest BCUT2D eigenvalue weighted by Gasteiger charge is -2.11. The van der Waals surface area contributed by atoms with Gasteiger partial charge < -0.3 is 10.1 Å². The summed E-state index contributed by atoms with van der Waals surface area (Å²) in [4.78, 5) is 8.94. The topological polar surface area (TPSA) is 47.0 Å². The van der Waals surface area contributed by atoms with Gasteiger partial charge in [0.25, 0.3) is 0 Å². The number of fused-ring (bicyclic) bond motifs is 1. The Hall–Kier alpha value is -1.84. The van der Waals surface area contributed by atoms with Gasteiger partial charge in [-0.3, -0.25) is 0 Å². The number of benzene rings is 1. The molecule has 0 saturated carbocycles. The molecule has 0 atom stereocenters. The first kappa shape index (κ1) is 14.6. The van der Waals surface area contributed by atoms with Crippen molar-refractivity contribution >= 4 is 16.9 Å². The van der Waals surface area contributed by atoms with Gasteiger partial charge in [-0.25, -0.2) is 4.98 Å². The molecule has 108 valence electrons. The Morgan fingerprint density at radius 1 is 1.20 bits per heavy atom. The number of ether oxygens (including phenoxy) is 1. The Bertz CT molecular complexity index is 554. The Kier molecular flexibility index (Phi) is 5.16. The summed E-state index contributed by atoms with van der Waals surface area (Å²) in [5, 5.41) is 4.12. The smallest absolute Gasteiger partial charge is 0.226 e. The minimum atomic E-state index is 0.630. The molecular formula is C16H23N3O. The van der Waals surface area contributed by atoms with Crippen LogP contribution in [0.2, 0.25) is 0 Å². The van der Waals surface area contributed by atoms with Gasteiger partial charge in [-0.2, -0.15) is 4.98 Å². The molecule has 20 heavy (non-hydrogen) atoms. The van der Waals surface area contributed by atoms with Crippen molar-refractivity contribution in [3.63, 3.8) is 0 Å². The fraction of sp³-hybridized carbons (Fsp3) is 0.500. The first-order chi connectivity index (χ1) is 9.70. The highest BCUT2D eigenvalue weighted by Gasteiger charge is 2.08. The van der Waals surface area contributed by atoms with Crippen LogP contribution in [0.25, 0.3) is 10.9 Å². The fourth-order valence-electron chi connectivity index (χ4n) is 2.06. The van der Waals surface area contributed by atoms with Gasteiger partial charge in [-0.1, -0.05) is 26.0 Å². The number of rotatable bonds is 7. The molecule has 0 spiro atoms. The normalized spacial score (nSPS) is 11.0. The molecule has 1 aromatic heterocycles. The highest BCUT2D eigenvalue weighted by atomic mass is 16.5. The van der Waals surface area contributed by atoms with Crippen LogP contribution in [0.5, 0.6) is 5.88 Å². The minimum absolute atomic E-state index is 0.630. The van der Waals surface area contributed by atoms with Crippen LogP contribution in [0.3, 0.4) is 0 Å². The largest absolute Gasteiger partial charge is 0.477 e. The average molecular weight is 273 g/mol. The maximum atomic E-state index is 5.87. The van der Waals surface area contributed by atoms with E-state index in [4.69, 9.17) is 4.74 Å². The first-order valence-electron chi connectivity index (χ1n) is 7.34. The summed E-state index contributed by atoms with van der Waals surface area (Å²) in [6.45, 7) is 7.98. The third-order valence-electron chi connectivity index (χ3n) is 3.07. The summed E-state index contributed by atoms with van der Waals surface area (Å²) >= 11 is 0. The van der Waals surface area contributed by atoms with E-state index in [9.17, 15) is 0 Å². The lowest BCUT2D eigenvalue weighted by Crippen LogP contribution is -2.06. The second kappa shape index (κ2) is 7.08. The summed E-state index contributed by atoms with van der Waals surface area (Å²) in [6, 6.07) is 7.95. The Morgan fingerprint density at radius 3 is 2.75 bits per heavy atom. The van der Waals surface area contributed by atoms with Crippen molar-refractivity contribution < 1.29 is 4.74 Å². The third-order valence-corrected chi connectivity index (χ3v) is 3.07. The SMILES string of the molecule is CCNc1nc(OCCCC(C)C)c2ccccc2n1. The average Bonchev–Trinajstić information content (AvgIpc) is 2.43. The molecule has 0 aliphatic carbocycles. The zero-order valence-electron chi connectivity index (χ0n) is 12.5. The van der Waals surface area contributed by atoms with Crippen LogP contribution >= 0.6 is 0 Å². The minimum Gasteiger partial charge on any atom is -0.477 e. The van der Waals surface area contributed by atoms with Crippen molar-refractivity contribution in [2.45, 2.75) is 33.6 Å². The van der Waals surface area contributed by atoms with E-state index in [0.29, 0.717) is 24.4 Å². The summed E-state index contributed by atoms with van der Waals surface area (Å²) in [7, 11) is 0. The molecule has 0 fully saturated rings. The maximum Gasteiger partial charge on any atom is 0.226 e. The molecule has 0 unspecified atom stereocenters. The quantitative estimate of drug-likeness (QED) is 0.778. The van der Waals surface area contributed by atoms with Crippen LogP contribution in [-0.4, -0.2) is 23.1 Å². The van der Waals surface area contributed by atoms with E-state index >= 15 is 0 Å². The molecule has 4 nitrogen and oxygen atoms in total. The van der Waals surface area contributed by atoms with E-state index in [0.717, 1.165) is 23.9 Å². The molecule has 0 saturated heterocycles. The number of para-hydroxylation sites is 1. The molecule has 2 rings (SSSR count). The molecule has 4 heteroatoms. The standard InChI is InChI=1S/C16H23N3O/c1-4-17-16-18-14-10-6-5-9-13(14)15(19-16)20-11-7-8-12(2)3/h5-6,9-10,12H,4,7-8,11H2,1-3H3,(H,17,18,19). The Labute approximate surface area is 120 Å². The molecule has 0 aliphatic rings. The molecular weight excluding hydrogens is 250 g/mol. The zero-order chi connectivity index (χ0) is 14.4. The van der Waals surface area contributed by atoms with Crippen molar-refractivity contribution in [3.05, 3.63) is 24.3 Å². The summed E-state index contributed by atoms with van der Waals surface area (Å²) in [6.07, 6.45) is 2.22. The highest BCUT2D eigenvalue weighted by Crippen LogP contribution is 2.24. The van der Waals surface area contributed by atoms with Crippen molar-refractivity contribution in [2.24, 2.45) is 5.92 Å². The van der Waals surface area contributed by atoms with Crippen LogP contribution in [0, 0.1) is 5.92 Å². The van der Waals surface area contributed by atoms with E-state index in [1.165, 1.54) is 6.42 Å². The van der Waals surface area contributed by atoms with Gasteiger partial charge in [0.15, 0.2) is 0 Å². The number of nitrogens with one attached hydrogen (secondary N) is 1. The molecule has 2 aromatic rings. The van der Waals surface area contributed by atoms with E-state index in [1.807, 2.05) is 31.2 Å². The van der Waals surface area contributed by atoms with Crippen LogP contribution in [0.4, 0.5) is 5.95 Å². The zero-order valence-corrected chi connectivity index (χ0v) is 12.5. The molecule has 1 aromatic carbocycles. The second-order valence-corrected chi connectivity index (χ2v) is 5.28. The van der Waals surface area contributed by atoms with Gasteiger partial charge in [0.2, 0.25) is 11.8 Å². The van der Waals surface area contributed by atoms with Crippen molar-refractivity contribution in [1.29, 1.82) is 0 Å². The van der Waals surface area contributed by atoms with Crippen molar-refractivity contribution in [3.8, 4) is 5.88 Å². The van der Waals surface area contributed by atoms with Crippen LogP contribution in [0.15, 0.2) is 24.3 Å². The summed E-state index contributed by atoms with van der Waals surface area (Å²) in [5.74, 6) is 2.01. The van der Waals surface area contributed by atoms with Gasteiger partial charge in [0.05, 0.1) is 17.5 Å². The summed E-state index contributed by atoms with van der Waals surface area (Å²) < 4.78 is 5.87. The predicted octanol–water partition coefficient (Wildman–Crippen LogP) is 3.88. The van der Waals surface area contributed by atoms with Gasteiger partial charge in [0, 0.05) is 6.54 Å².